The lowest BCUT2D eigenvalue weighted by atomic mass is 9.90. The monoisotopic (exact) mass is 1380 g/mol. The van der Waals surface area contributed by atoms with E-state index in [1.54, 1.807) is 56.5 Å². The van der Waals surface area contributed by atoms with Crippen molar-refractivity contribution in [2.45, 2.75) is 169 Å². The number of carboxylic acid groups (broad SMARTS) is 2. The number of aliphatic carboxylic acids is 1. The number of aryl methyl sites for hydroxylation is 1. The highest BCUT2D eigenvalue weighted by molar-refractivity contribution is 7.32. The maximum absolute atomic E-state index is 11.9. The summed E-state index contributed by atoms with van der Waals surface area (Å²) in [5.74, 6) is -1.63. The number of thiophene rings is 6. The molecule has 480 valence electrons. The van der Waals surface area contributed by atoms with Crippen molar-refractivity contribution >= 4 is 169 Å². The molecule has 0 spiro atoms. The average molecular weight is 1390 g/mol. The third-order valence-electron chi connectivity index (χ3n) is 17.7. The second kappa shape index (κ2) is 29.7. The molecule has 2 aromatic carbocycles. The highest BCUT2D eigenvalue weighted by Gasteiger charge is 2.48. The van der Waals surface area contributed by atoms with Gasteiger partial charge in [-0.05, 0) is 119 Å². The topological polar surface area (TPSA) is 165 Å². The fourth-order valence-corrected chi connectivity index (χ4v) is 28.4. The summed E-state index contributed by atoms with van der Waals surface area (Å²) in [7, 11) is -2.03. The minimum absolute atomic E-state index is 0.0314. The molecule has 0 bridgehead atoms. The molecule has 12 rings (SSSR count). The van der Waals surface area contributed by atoms with Crippen molar-refractivity contribution in [3.05, 3.63) is 128 Å². The van der Waals surface area contributed by atoms with Gasteiger partial charge in [0.05, 0.1) is 55.6 Å². The van der Waals surface area contributed by atoms with E-state index < -0.39 is 20.0 Å². The van der Waals surface area contributed by atoms with Gasteiger partial charge in [0.1, 0.15) is 25.2 Å². The molecule has 11 aromatic rings. The molecule has 2 N–H and O–H groups in total. The van der Waals surface area contributed by atoms with Gasteiger partial charge in [0.15, 0.2) is 0 Å². The van der Waals surface area contributed by atoms with E-state index in [0.29, 0.717) is 11.0 Å². The lowest BCUT2D eigenvalue weighted by molar-refractivity contribution is -0.132. The Morgan fingerprint density at radius 3 is 1.73 bits per heavy atom. The zero-order valence-corrected chi connectivity index (χ0v) is 60.5. The van der Waals surface area contributed by atoms with Gasteiger partial charge < -0.3 is 24.1 Å². The first-order chi connectivity index (χ1) is 45.1. The molecule has 93 heavy (non-hydrogen) atoms. The van der Waals surface area contributed by atoms with Gasteiger partial charge in [-0.3, -0.25) is 9.59 Å². The summed E-state index contributed by atoms with van der Waals surface area (Å²) < 4.78 is 23.3. The Morgan fingerprint density at radius 2 is 1.19 bits per heavy atom. The van der Waals surface area contributed by atoms with Crippen LogP contribution in [0.4, 0.5) is 0 Å². The van der Waals surface area contributed by atoms with Gasteiger partial charge >= 0.3 is 11.9 Å². The molecule has 9 aromatic heterocycles. The molecule has 0 radical (unpaired) electrons. The summed E-state index contributed by atoms with van der Waals surface area (Å²) in [5, 5.41) is 33.0. The van der Waals surface area contributed by atoms with Gasteiger partial charge in [-0.2, -0.15) is 14.0 Å². The van der Waals surface area contributed by atoms with Gasteiger partial charge in [0, 0.05) is 78.8 Å². The van der Waals surface area contributed by atoms with Crippen LogP contribution in [0.3, 0.4) is 0 Å². The number of nitriles is 1. The number of carboxylic acids is 2. The van der Waals surface area contributed by atoms with E-state index in [9.17, 15) is 29.9 Å². The quantitative estimate of drug-likeness (QED) is 0.00923. The van der Waals surface area contributed by atoms with E-state index in [2.05, 4.69) is 139 Å². The van der Waals surface area contributed by atoms with E-state index in [1.807, 2.05) is 40.9 Å². The second-order valence-electron chi connectivity index (χ2n) is 24.5. The van der Waals surface area contributed by atoms with Crippen molar-refractivity contribution in [1.82, 2.24) is 17.9 Å². The van der Waals surface area contributed by atoms with E-state index in [1.165, 1.54) is 162 Å². The van der Waals surface area contributed by atoms with Crippen LogP contribution in [0.15, 0.2) is 90.3 Å². The summed E-state index contributed by atoms with van der Waals surface area (Å²) in [5.41, 5.74) is 10.1. The third-order valence-corrected chi connectivity index (χ3v) is 30.8. The van der Waals surface area contributed by atoms with Crippen molar-refractivity contribution in [3.8, 4) is 58.0 Å². The van der Waals surface area contributed by atoms with Crippen LogP contribution in [-0.4, -0.2) is 54.6 Å². The van der Waals surface area contributed by atoms with Crippen molar-refractivity contribution in [1.29, 1.82) is 5.26 Å². The summed E-state index contributed by atoms with van der Waals surface area (Å²) in [6.07, 6.45) is 17.5. The van der Waals surface area contributed by atoms with Crippen LogP contribution < -0.4 is 10.4 Å². The van der Waals surface area contributed by atoms with Crippen LogP contribution in [-0.2, 0) is 27.4 Å². The van der Waals surface area contributed by atoms with E-state index in [-0.39, 0.29) is 35.3 Å². The number of rotatable bonds is 28. The van der Waals surface area contributed by atoms with E-state index >= 15 is 0 Å². The van der Waals surface area contributed by atoms with Gasteiger partial charge in [0.25, 0.3) is 12.2 Å². The molecule has 0 atom stereocenters. The average Bonchev–Trinajstić information content (AvgIpc) is 1.55. The number of ether oxygens (including phenoxy) is 1. The van der Waals surface area contributed by atoms with Crippen LogP contribution in [0, 0.1) is 17.9 Å². The third kappa shape index (κ3) is 13.5. The number of unbranched alkanes of at least 4 members (excludes halogenated alkanes) is 8. The molecule has 0 fully saturated rings. The zero-order valence-electron chi connectivity index (χ0n) is 53.8. The second-order valence-corrected chi connectivity index (χ2v) is 35.8. The highest BCUT2D eigenvalue weighted by atomic mass is 32.1. The van der Waals surface area contributed by atoms with Crippen molar-refractivity contribution in [2.75, 3.05) is 0 Å². The maximum atomic E-state index is 11.9. The molecule has 1 aliphatic rings. The maximum Gasteiger partial charge on any atom is 0.338 e. The molecule has 0 unspecified atom stereocenters. The summed E-state index contributed by atoms with van der Waals surface area (Å²) in [6.45, 7) is 27.7. The van der Waals surface area contributed by atoms with Crippen LogP contribution in [0.2, 0.25) is 12.1 Å². The number of para-hydroxylation sites is 1. The van der Waals surface area contributed by atoms with Gasteiger partial charge in [0.2, 0.25) is 5.76 Å². The number of fused-ring (bicyclic) bond motifs is 7. The number of allylic oxidation sites excluding steroid dienone is 1. The predicted octanol–water partition coefficient (Wildman–Crippen LogP) is 22.1. The van der Waals surface area contributed by atoms with Crippen LogP contribution >= 0.6 is 79.7 Å². The molecular weight excluding hydrogens is 1310 g/mol. The summed E-state index contributed by atoms with van der Waals surface area (Å²) in [4.78, 5) is 46.9. The molecule has 0 saturated heterocycles. The number of aromatic carboxylic acids is 1. The normalized spacial score (nSPS) is 12.9. The molecule has 20 heteroatoms. The number of aromatic nitrogens is 4. The predicted molar refractivity (Wildman–Crippen MR) is 398 cm³/mol. The Morgan fingerprint density at radius 1 is 0.645 bits per heavy atom. The molecule has 12 nitrogen and oxygen atoms in total. The van der Waals surface area contributed by atoms with Crippen molar-refractivity contribution < 1.29 is 29.3 Å². The molecule has 0 aliphatic carbocycles. The molecule has 0 saturated carbocycles. The minimum atomic E-state index is -2.03. The van der Waals surface area contributed by atoms with E-state index in [4.69, 9.17) is 11.3 Å². The number of carbonyl (C=O) groups is 3. The summed E-state index contributed by atoms with van der Waals surface area (Å²) in [6, 6.07) is 33.1. The first kappa shape index (κ1) is 67.3. The standard InChI is InChI=1S/C37H41N3O2S3Si.C36H35N3O4S4/c1-4-7-10-13-18-40-27-15-12-11-14-24(27)21-28(40)30-23-32-36(44-30)35-31(46(32,19-8-5-2)20-9-6-3)22-29(43-35)25-16-17-26(37(41)42)34-33(25)38-45-39-34;1-7-8-9-10-11-39-34(30-16-28-26(46-30)14-23(44-28)12-22(18-37)43-19-40)32(20(2)3)33(21(4)5)35(39)31-17-29-27(47-31)15-24(45-29)13-25(38-6)36(41)42/h11-12,14-17,21-23H,4-10,13,18-20H2,1-3H3,(H,41,42);12-17,19-21H,7-11H2,1-5H3,(H,41,42)/b;22-12+,25-13-. The first-order valence-corrected chi connectivity index (χ1v) is 40.4. The SMILES string of the molecule is CCCCCCn1c(-c2cc3c(s2)-c2sc(-c4ccc(C(=O)O)c5nsnc45)cc2[Si]3(CCCC)CCCC)cc2ccccc21.[C-]#[N+]/C(=C\c1cc2sc(-c3c(C(C)C)c(C(C)C)c(-c4cc5sc(/C=C(\C#N)OC=O)cc5s4)n3CCCCCC)cc2s1)C(=O)O. The lowest BCUT2D eigenvalue weighted by Gasteiger charge is -2.28. The number of hydrogen-bond acceptors (Lipinski definition) is 14. The van der Waals surface area contributed by atoms with Gasteiger partial charge in [-0.25, -0.2) is 9.64 Å². The first-order valence-electron chi connectivity index (χ1n) is 32.3. The molecule has 10 heterocycles. The zero-order chi connectivity index (χ0) is 65.7. The van der Waals surface area contributed by atoms with Crippen molar-refractivity contribution in [3.63, 3.8) is 0 Å². The Labute approximate surface area is 572 Å². The Balaban J connectivity index is 0.000000190. The van der Waals surface area contributed by atoms with Gasteiger partial charge in [-0.1, -0.05) is 144 Å². The number of carbonyl (C=O) groups excluding carboxylic acids is 1. The number of nitrogens with zero attached hydrogens (tertiary/aromatic N) is 6. The molecular formula is C73H76N6O6S7Si. The molecule has 0 amide bonds. The largest absolute Gasteiger partial charge is 0.486 e. The molecule has 1 aliphatic heterocycles. The fourth-order valence-electron chi connectivity index (χ4n) is 13.4. The van der Waals surface area contributed by atoms with Gasteiger partial charge in [-0.15, -0.1) is 68.0 Å². The number of hydrogen-bond donors (Lipinski definition) is 2. The fraction of sp³-hybridized carbons (Fsp3) is 0.356. The smallest absolute Gasteiger partial charge is 0.338 e. The van der Waals surface area contributed by atoms with Crippen LogP contribution in [0.1, 0.15) is 176 Å². The Hall–Kier alpha value is -7.11. The highest BCUT2D eigenvalue weighted by Crippen LogP contribution is 2.52. The van der Waals surface area contributed by atoms with Crippen molar-refractivity contribution in [2.24, 2.45) is 0 Å². The van der Waals surface area contributed by atoms with E-state index in [0.717, 1.165) is 71.8 Å². The Kier molecular flexibility index (Phi) is 21.5. The summed E-state index contributed by atoms with van der Waals surface area (Å²) >= 11 is 11.5. The van der Waals surface area contributed by atoms with Crippen LogP contribution in [0.25, 0.3) is 110 Å². The van der Waals surface area contributed by atoms with Crippen LogP contribution in [0.5, 0.6) is 0 Å². The number of benzene rings is 2. The minimum Gasteiger partial charge on any atom is -0.486 e. The Bertz CT molecular complexity index is 4650. The lowest BCUT2D eigenvalue weighted by Crippen LogP contribution is -2.54.